The van der Waals surface area contributed by atoms with E-state index in [1.54, 1.807) is 0 Å². The fourth-order valence-electron chi connectivity index (χ4n) is 8.48. The van der Waals surface area contributed by atoms with Gasteiger partial charge in [0.25, 0.3) is 0 Å². The van der Waals surface area contributed by atoms with E-state index in [-0.39, 0.29) is 0 Å². The second-order valence-electron chi connectivity index (χ2n) is 14.0. The first kappa shape index (κ1) is 30.4. The molecule has 0 saturated heterocycles. The normalized spacial score (nSPS) is 11.7. The van der Waals surface area contributed by atoms with Gasteiger partial charge in [0.1, 0.15) is 0 Å². The van der Waals surface area contributed by atoms with Crippen molar-refractivity contribution in [1.29, 1.82) is 0 Å². The molecule has 3 heterocycles. The van der Waals surface area contributed by atoms with Crippen molar-refractivity contribution in [2.45, 2.75) is 0 Å². The van der Waals surface area contributed by atoms with Crippen LogP contribution in [0.4, 0.5) is 0 Å². The fraction of sp³-hybridized carbons (Fsp3) is 0. The molecule has 0 aliphatic carbocycles. The van der Waals surface area contributed by atoms with Crippen molar-refractivity contribution in [2.24, 2.45) is 0 Å². The lowest BCUT2D eigenvalue weighted by Gasteiger charge is -2.15. The van der Waals surface area contributed by atoms with Crippen LogP contribution in [-0.2, 0) is 0 Å². The molecule has 0 bridgehead atoms. The van der Waals surface area contributed by atoms with Gasteiger partial charge in [-0.2, -0.15) is 0 Å². The number of hydrogen-bond donors (Lipinski definition) is 0. The minimum atomic E-state index is 0.953. The van der Waals surface area contributed by atoms with E-state index in [2.05, 4.69) is 209 Å². The van der Waals surface area contributed by atoms with Crippen molar-refractivity contribution in [3.05, 3.63) is 200 Å². The Morgan fingerprint density at radius 1 is 0.296 bits per heavy atom. The fourth-order valence-corrected chi connectivity index (χ4v) is 8.48. The summed E-state index contributed by atoms with van der Waals surface area (Å²) in [6.45, 7) is 0. The standard InChI is InChI=1S/C51H33N3/c1-4-16-34(17-5-1)36-30-45(35-18-6-2-7-19-35)52-46(31-36)39-25-14-26-40-38(39)24-15-29-49(40)54-48-28-13-11-23-42(48)44-32-43-41-22-10-12-27-47(41)53(50(43)33-51(44)54)37-20-8-3-9-21-37/h1-33H. The van der Waals surface area contributed by atoms with E-state index in [1.165, 1.54) is 54.6 Å². The molecule has 0 fully saturated rings. The Bertz CT molecular complexity index is 3130. The summed E-state index contributed by atoms with van der Waals surface area (Å²) in [6.07, 6.45) is 0. The molecule has 11 aromatic rings. The van der Waals surface area contributed by atoms with Crippen LogP contribution in [0.15, 0.2) is 200 Å². The van der Waals surface area contributed by atoms with Crippen molar-refractivity contribution in [3.8, 4) is 45.0 Å². The van der Waals surface area contributed by atoms with Crippen molar-refractivity contribution >= 4 is 54.4 Å². The average molecular weight is 688 g/mol. The van der Waals surface area contributed by atoms with Gasteiger partial charge in [-0.15, -0.1) is 0 Å². The molecule has 0 radical (unpaired) electrons. The highest BCUT2D eigenvalue weighted by atomic mass is 15.0. The maximum absolute atomic E-state index is 5.33. The third kappa shape index (κ3) is 4.72. The van der Waals surface area contributed by atoms with Crippen molar-refractivity contribution in [1.82, 2.24) is 14.1 Å². The van der Waals surface area contributed by atoms with Gasteiger partial charge in [0.15, 0.2) is 0 Å². The van der Waals surface area contributed by atoms with Crippen LogP contribution in [0.25, 0.3) is 99.4 Å². The Morgan fingerprint density at radius 2 is 0.833 bits per heavy atom. The third-order valence-corrected chi connectivity index (χ3v) is 10.9. The first-order chi connectivity index (χ1) is 26.8. The van der Waals surface area contributed by atoms with Gasteiger partial charge in [0.2, 0.25) is 0 Å². The molecule has 3 aromatic heterocycles. The lowest BCUT2D eigenvalue weighted by molar-refractivity contribution is 1.17. The molecule has 0 amide bonds. The van der Waals surface area contributed by atoms with Gasteiger partial charge in [-0.25, -0.2) is 4.98 Å². The highest BCUT2D eigenvalue weighted by Gasteiger charge is 2.20. The Morgan fingerprint density at radius 3 is 1.56 bits per heavy atom. The van der Waals surface area contributed by atoms with Crippen molar-refractivity contribution in [2.75, 3.05) is 0 Å². The molecule has 3 nitrogen and oxygen atoms in total. The Balaban J connectivity index is 1.19. The molecule has 3 heteroatoms. The van der Waals surface area contributed by atoms with Crippen LogP contribution in [0.3, 0.4) is 0 Å². The van der Waals surface area contributed by atoms with Gasteiger partial charge in [0, 0.05) is 43.7 Å². The summed E-state index contributed by atoms with van der Waals surface area (Å²) in [5.74, 6) is 0. The summed E-state index contributed by atoms with van der Waals surface area (Å²) in [6, 6.07) is 72.0. The van der Waals surface area contributed by atoms with E-state index in [9.17, 15) is 0 Å². The number of para-hydroxylation sites is 3. The van der Waals surface area contributed by atoms with Crippen LogP contribution in [0, 0.1) is 0 Å². The summed E-state index contributed by atoms with van der Waals surface area (Å²) < 4.78 is 4.87. The number of benzene rings is 8. The van der Waals surface area contributed by atoms with Crippen LogP contribution in [0.2, 0.25) is 0 Å². The number of hydrogen-bond acceptors (Lipinski definition) is 1. The van der Waals surface area contributed by atoms with Gasteiger partial charge < -0.3 is 9.13 Å². The molecule has 54 heavy (non-hydrogen) atoms. The van der Waals surface area contributed by atoms with E-state index in [1.807, 2.05) is 0 Å². The molecular formula is C51H33N3. The minimum absolute atomic E-state index is 0.953. The lowest BCUT2D eigenvalue weighted by Crippen LogP contribution is -1.97. The van der Waals surface area contributed by atoms with Crippen LogP contribution >= 0.6 is 0 Å². The topological polar surface area (TPSA) is 22.8 Å². The number of fused-ring (bicyclic) bond motifs is 7. The predicted molar refractivity (Wildman–Crippen MR) is 227 cm³/mol. The van der Waals surface area contributed by atoms with E-state index in [0.29, 0.717) is 0 Å². The zero-order valence-corrected chi connectivity index (χ0v) is 29.4. The van der Waals surface area contributed by atoms with Crippen LogP contribution in [-0.4, -0.2) is 14.1 Å². The number of aromatic nitrogens is 3. The van der Waals surface area contributed by atoms with Crippen LogP contribution < -0.4 is 0 Å². The van der Waals surface area contributed by atoms with Crippen LogP contribution in [0.5, 0.6) is 0 Å². The first-order valence-corrected chi connectivity index (χ1v) is 18.5. The predicted octanol–water partition coefficient (Wildman–Crippen LogP) is 13.4. The third-order valence-electron chi connectivity index (χ3n) is 10.9. The lowest BCUT2D eigenvalue weighted by atomic mass is 9.96. The summed E-state index contributed by atoms with van der Waals surface area (Å²) in [5.41, 5.74) is 13.5. The summed E-state index contributed by atoms with van der Waals surface area (Å²) in [5, 5.41) is 7.33. The smallest absolute Gasteiger partial charge is 0.0721 e. The van der Waals surface area contributed by atoms with Crippen molar-refractivity contribution in [3.63, 3.8) is 0 Å². The second-order valence-corrected chi connectivity index (χ2v) is 14.0. The van der Waals surface area contributed by atoms with Gasteiger partial charge in [-0.3, -0.25) is 0 Å². The molecule has 0 saturated carbocycles. The summed E-state index contributed by atoms with van der Waals surface area (Å²) >= 11 is 0. The molecule has 11 rings (SSSR count). The Kier molecular flexibility index (Phi) is 6.86. The number of rotatable bonds is 5. The largest absolute Gasteiger partial charge is 0.309 e. The first-order valence-electron chi connectivity index (χ1n) is 18.5. The van der Waals surface area contributed by atoms with Crippen molar-refractivity contribution < 1.29 is 0 Å². The number of pyridine rings is 1. The summed E-state index contributed by atoms with van der Waals surface area (Å²) in [7, 11) is 0. The second kappa shape index (κ2) is 12.2. The van der Waals surface area contributed by atoms with Gasteiger partial charge >= 0.3 is 0 Å². The van der Waals surface area contributed by atoms with E-state index in [0.717, 1.165) is 44.8 Å². The van der Waals surface area contributed by atoms with Crippen LogP contribution in [0.1, 0.15) is 0 Å². The molecule has 0 aliphatic rings. The molecule has 0 aliphatic heterocycles. The van der Waals surface area contributed by atoms with E-state index in [4.69, 9.17) is 4.98 Å². The molecule has 8 aromatic carbocycles. The highest BCUT2D eigenvalue weighted by molar-refractivity contribution is 6.19. The average Bonchev–Trinajstić information content (AvgIpc) is 3.75. The highest BCUT2D eigenvalue weighted by Crippen LogP contribution is 2.42. The number of nitrogens with zero attached hydrogens (tertiary/aromatic N) is 3. The quantitative estimate of drug-likeness (QED) is 0.177. The Hall–Kier alpha value is -7.23. The Labute approximate surface area is 312 Å². The van der Waals surface area contributed by atoms with Gasteiger partial charge in [0.05, 0.1) is 39.1 Å². The van der Waals surface area contributed by atoms with E-state index < -0.39 is 0 Å². The molecule has 0 atom stereocenters. The SMILES string of the molecule is c1ccc(-c2cc(-c3ccccc3)nc(-c3cccc4c(-n5c6ccccc6c6cc7c8ccccc8n(-c8ccccc8)c7cc65)cccc34)c2)cc1. The zero-order valence-electron chi connectivity index (χ0n) is 29.4. The molecule has 252 valence electrons. The molecule has 0 unspecified atom stereocenters. The minimum Gasteiger partial charge on any atom is -0.309 e. The maximum atomic E-state index is 5.33. The molecule has 0 N–H and O–H groups in total. The monoisotopic (exact) mass is 687 g/mol. The maximum Gasteiger partial charge on any atom is 0.0721 e. The van der Waals surface area contributed by atoms with Gasteiger partial charge in [-0.05, 0) is 71.1 Å². The van der Waals surface area contributed by atoms with Gasteiger partial charge in [-0.1, -0.05) is 146 Å². The summed E-state index contributed by atoms with van der Waals surface area (Å²) in [4.78, 5) is 5.33. The van der Waals surface area contributed by atoms with E-state index >= 15 is 0 Å². The molecule has 0 spiro atoms. The zero-order chi connectivity index (χ0) is 35.6. The molecular weight excluding hydrogens is 655 g/mol.